The maximum absolute atomic E-state index is 3.70. The minimum Gasteiger partial charge on any atom is -0.380 e. The van der Waals surface area contributed by atoms with Crippen molar-refractivity contribution in [1.29, 1.82) is 0 Å². The highest BCUT2D eigenvalue weighted by molar-refractivity contribution is 9.11. The smallest absolute Gasteiger partial charge is 0.0631 e. The van der Waals surface area contributed by atoms with Crippen molar-refractivity contribution in [3.8, 4) is 0 Å². The maximum Gasteiger partial charge on any atom is 0.0631 e. The summed E-state index contributed by atoms with van der Waals surface area (Å²) in [5.41, 5.74) is 2.44. The van der Waals surface area contributed by atoms with Crippen molar-refractivity contribution >= 4 is 37.5 Å². The third kappa shape index (κ3) is 3.99. The molecule has 0 saturated carbocycles. The van der Waals surface area contributed by atoms with Crippen LogP contribution in [0.25, 0.3) is 0 Å². The molecule has 4 heteroatoms. The van der Waals surface area contributed by atoms with E-state index in [4.69, 9.17) is 0 Å². The second-order valence-corrected chi connectivity index (χ2v) is 7.54. The van der Waals surface area contributed by atoms with Crippen molar-refractivity contribution in [2.24, 2.45) is 5.92 Å². The van der Waals surface area contributed by atoms with Gasteiger partial charge in [-0.25, -0.2) is 0 Å². The van der Waals surface area contributed by atoms with Gasteiger partial charge >= 0.3 is 0 Å². The number of piperidine rings is 1. The van der Waals surface area contributed by atoms with Crippen LogP contribution >= 0.6 is 31.9 Å². The molecule has 1 aliphatic rings. The van der Waals surface area contributed by atoms with Gasteiger partial charge in [-0.05, 0) is 95.3 Å². The van der Waals surface area contributed by atoms with Crippen LogP contribution in [-0.4, -0.2) is 30.6 Å². The summed E-state index contributed by atoms with van der Waals surface area (Å²) in [6.07, 6.45) is 2.65. The first-order chi connectivity index (χ1) is 9.51. The number of nitrogens with one attached hydrogen (secondary N) is 1. The molecule has 2 atom stereocenters. The summed E-state index contributed by atoms with van der Waals surface area (Å²) >= 11 is 7.35. The zero-order valence-corrected chi connectivity index (χ0v) is 15.7. The molecule has 0 aromatic heterocycles. The molecule has 1 fully saturated rings. The Morgan fingerprint density at radius 2 is 2.00 bits per heavy atom. The van der Waals surface area contributed by atoms with Crippen LogP contribution in [-0.2, 0) is 0 Å². The van der Waals surface area contributed by atoms with Crippen molar-refractivity contribution in [3.05, 3.63) is 26.6 Å². The van der Waals surface area contributed by atoms with Gasteiger partial charge in [-0.2, -0.15) is 0 Å². The van der Waals surface area contributed by atoms with Crippen molar-refractivity contribution < 1.29 is 0 Å². The number of hydrogen-bond acceptors (Lipinski definition) is 2. The molecular formula is C16H24Br2N2. The van der Waals surface area contributed by atoms with Gasteiger partial charge in [-0.15, -0.1) is 0 Å². The lowest BCUT2D eigenvalue weighted by Gasteiger charge is -2.36. The molecule has 2 rings (SSSR count). The van der Waals surface area contributed by atoms with E-state index >= 15 is 0 Å². The molecule has 1 aromatic rings. The lowest BCUT2D eigenvalue weighted by atomic mass is 9.91. The van der Waals surface area contributed by atoms with Crippen molar-refractivity contribution in [2.75, 3.05) is 25.0 Å². The van der Waals surface area contributed by atoms with Gasteiger partial charge in [-0.1, -0.05) is 6.92 Å². The number of hydrogen-bond donors (Lipinski definition) is 1. The molecule has 1 saturated heterocycles. The molecule has 0 aliphatic carbocycles. The summed E-state index contributed by atoms with van der Waals surface area (Å²) in [7, 11) is 0. The summed E-state index contributed by atoms with van der Waals surface area (Å²) in [6, 6.07) is 4.82. The number of halogens is 2. The Morgan fingerprint density at radius 1 is 1.35 bits per heavy atom. The Hall–Kier alpha value is -0.0600. The number of nitrogens with zero attached hydrogens (tertiary/aromatic N) is 1. The number of benzene rings is 1. The summed E-state index contributed by atoms with van der Waals surface area (Å²) < 4.78 is 2.28. The second kappa shape index (κ2) is 7.28. The summed E-state index contributed by atoms with van der Waals surface area (Å²) in [5.74, 6) is 0.726. The zero-order valence-electron chi connectivity index (χ0n) is 12.5. The summed E-state index contributed by atoms with van der Waals surface area (Å²) in [4.78, 5) is 2.56. The molecular weight excluding hydrogens is 380 g/mol. The van der Waals surface area contributed by atoms with Gasteiger partial charge in [0, 0.05) is 21.5 Å². The third-order valence-electron chi connectivity index (χ3n) is 4.25. The maximum atomic E-state index is 3.70. The van der Waals surface area contributed by atoms with E-state index in [9.17, 15) is 0 Å². The Kier molecular flexibility index (Phi) is 5.94. The molecule has 2 nitrogen and oxygen atoms in total. The predicted molar refractivity (Wildman–Crippen MR) is 94.5 cm³/mol. The average Bonchev–Trinajstić information content (AvgIpc) is 2.42. The van der Waals surface area contributed by atoms with Crippen LogP contribution in [0, 0.1) is 12.8 Å². The Morgan fingerprint density at radius 3 is 2.60 bits per heavy atom. The largest absolute Gasteiger partial charge is 0.380 e. The van der Waals surface area contributed by atoms with Gasteiger partial charge in [0.15, 0.2) is 0 Å². The van der Waals surface area contributed by atoms with Gasteiger partial charge < -0.3 is 10.2 Å². The standard InChI is InChI=1S/C16H24Br2N2/c1-4-20-7-5-6-13(10-20)12(3)19-16-14(17)8-11(2)9-15(16)18/h8-9,12-13,19H,4-7,10H2,1-3H3. The van der Waals surface area contributed by atoms with E-state index in [1.165, 1.54) is 43.7 Å². The highest BCUT2D eigenvalue weighted by Crippen LogP contribution is 2.34. The van der Waals surface area contributed by atoms with Gasteiger partial charge in [0.05, 0.1) is 5.69 Å². The molecule has 0 bridgehead atoms. The van der Waals surface area contributed by atoms with Gasteiger partial charge in [0.1, 0.15) is 0 Å². The minimum atomic E-state index is 0.486. The van der Waals surface area contributed by atoms with Gasteiger partial charge in [-0.3, -0.25) is 0 Å². The molecule has 2 unspecified atom stereocenters. The SMILES string of the molecule is CCN1CCCC(C(C)Nc2c(Br)cc(C)cc2Br)C1. The monoisotopic (exact) mass is 402 g/mol. The first-order valence-electron chi connectivity index (χ1n) is 7.45. The first-order valence-corrected chi connectivity index (χ1v) is 9.04. The number of rotatable bonds is 4. The Bertz CT molecular complexity index is 439. The zero-order chi connectivity index (χ0) is 14.7. The van der Waals surface area contributed by atoms with Crippen LogP contribution in [0.4, 0.5) is 5.69 Å². The normalized spacial score (nSPS) is 21.8. The molecule has 1 N–H and O–H groups in total. The van der Waals surface area contributed by atoms with Gasteiger partial charge in [0.25, 0.3) is 0 Å². The molecule has 0 amide bonds. The van der Waals surface area contributed by atoms with E-state index in [0.29, 0.717) is 6.04 Å². The molecule has 0 spiro atoms. The van der Waals surface area contributed by atoms with Crippen molar-refractivity contribution in [2.45, 2.75) is 39.7 Å². The molecule has 1 heterocycles. The fourth-order valence-corrected chi connectivity index (χ4v) is 4.61. The van der Waals surface area contributed by atoms with E-state index < -0.39 is 0 Å². The van der Waals surface area contributed by atoms with Crippen LogP contribution in [0.1, 0.15) is 32.3 Å². The van der Waals surface area contributed by atoms with Crippen LogP contribution in [0.3, 0.4) is 0 Å². The van der Waals surface area contributed by atoms with E-state index in [2.05, 4.69) is 75.0 Å². The lowest BCUT2D eigenvalue weighted by molar-refractivity contribution is 0.172. The third-order valence-corrected chi connectivity index (χ3v) is 5.51. The molecule has 112 valence electrons. The van der Waals surface area contributed by atoms with E-state index in [0.717, 1.165) is 14.9 Å². The van der Waals surface area contributed by atoms with Crippen LogP contribution < -0.4 is 5.32 Å². The number of anilines is 1. The van der Waals surface area contributed by atoms with Crippen molar-refractivity contribution in [1.82, 2.24) is 4.90 Å². The minimum absolute atomic E-state index is 0.486. The first kappa shape index (κ1) is 16.3. The highest BCUT2D eigenvalue weighted by atomic mass is 79.9. The Balaban J connectivity index is 2.06. The highest BCUT2D eigenvalue weighted by Gasteiger charge is 2.24. The second-order valence-electron chi connectivity index (χ2n) is 5.83. The number of aryl methyl sites for hydroxylation is 1. The quantitative estimate of drug-likeness (QED) is 0.756. The van der Waals surface area contributed by atoms with Crippen LogP contribution in [0.2, 0.25) is 0 Å². The summed E-state index contributed by atoms with van der Waals surface area (Å²) in [6.45, 7) is 10.3. The van der Waals surface area contributed by atoms with Gasteiger partial charge in [0.2, 0.25) is 0 Å². The summed E-state index contributed by atoms with van der Waals surface area (Å²) in [5, 5.41) is 3.70. The predicted octanol–water partition coefficient (Wildman–Crippen LogP) is 5.05. The average molecular weight is 404 g/mol. The Labute approximate surface area is 139 Å². The molecule has 1 aliphatic heterocycles. The van der Waals surface area contributed by atoms with E-state index in [1.54, 1.807) is 0 Å². The molecule has 0 radical (unpaired) electrons. The molecule has 20 heavy (non-hydrogen) atoms. The topological polar surface area (TPSA) is 15.3 Å². The lowest BCUT2D eigenvalue weighted by Crippen LogP contribution is -2.41. The van der Waals surface area contributed by atoms with Crippen molar-refractivity contribution in [3.63, 3.8) is 0 Å². The molecule has 1 aromatic carbocycles. The fourth-order valence-electron chi connectivity index (χ4n) is 2.97. The van der Waals surface area contributed by atoms with E-state index in [1.807, 2.05) is 0 Å². The fraction of sp³-hybridized carbons (Fsp3) is 0.625. The van der Waals surface area contributed by atoms with Crippen LogP contribution in [0.15, 0.2) is 21.1 Å². The number of likely N-dealkylation sites (tertiary alicyclic amines) is 1. The van der Waals surface area contributed by atoms with Crippen LogP contribution in [0.5, 0.6) is 0 Å². The van der Waals surface area contributed by atoms with E-state index in [-0.39, 0.29) is 0 Å².